The van der Waals surface area contributed by atoms with Crippen molar-refractivity contribution in [1.29, 1.82) is 0 Å². The molecule has 1 N–H and O–H groups in total. The van der Waals surface area contributed by atoms with E-state index in [-0.39, 0.29) is 0 Å². The van der Waals surface area contributed by atoms with E-state index >= 15 is 0 Å². The molecule has 0 heterocycles. The molecular weight excluding hydrogens is 266 g/mol. The predicted octanol–water partition coefficient (Wildman–Crippen LogP) is 2.95. The van der Waals surface area contributed by atoms with Crippen LogP contribution in [-0.2, 0) is 11.4 Å². The smallest absolute Gasteiger partial charge is 0.325 e. The van der Waals surface area contributed by atoms with Crippen LogP contribution in [0.15, 0.2) is 54.6 Å². The van der Waals surface area contributed by atoms with E-state index < -0.39 is 12.0 Å². The third kappa shape index (κ3) is 4.07. The minimum absolute atomic E-state index is 0.462. The number of ether oxygens (including phenoxy) is 1. The molecule has 0 bridgehead atoms. The van der Waals surface area contributed by atoms with Gasteiger partial charge in [0.2, 0.25) is 0 Å². The van der Waals surface area contributed by atoms with Crippen LogP contribution in [-0.4, -0.2) is 30.1 Å². The van der Waals surface area contributed by atoms with Crippen LogP contribution in [0.1, 0.15) is 17.2 Å². The van der Waals surface area contributed by atoms with Crippen LogP contribution < -0.4 is 4.74 Å². The number of hydrogen-bond acceptors (Lipinski definition) is 3. The summed E-state index contributed by atoms with van der Waals surface area (Å²) in [5, 5.41) is 9.31. The lowest BCUT2D eigenvalue weighted by atomic mass is 10.1. The number of carbonyl (C=O) groups is 1. The molecule has 0 saturated carbocycles. The fraction of sp³-hybridized carbons (Fsp3) is 0.235. The Kier molecular flexibility index (Phi) is 4.95. The Bertz CT molecular complexity index is 596. The van der Waals surface area contributed by atoms with Crippen molar-refractivity contribution in [2.45, 2.75) is 12.6 Å². The molecule has 0 aliphatic rings. The Labute approximate surface area is 124 Å². The number of carboxylic acid groups (broad SMARTS) is 1. The van der Waals surface area contributed by atoms with Crippen LogP contribution in [0.3, 0.4) is 0 Å². The zero-order valence-electron chi connectivity index (χ0n) is 12.2. The second kappa shape index (κ2) is 6.90. The van der Waals surface area contributed by atoms with E-state index in [2.05, 4.69) is 0 Å². The van der Waals surface area contributed by atoms with Crippen LogP contribution in [0.5, 0.6) is 5.75 Å². The molecule has 1 atom stereocenters. The number of aliphatic carboxylic acids is 1. The molecule has 2 rings (SSSR count). The first kappa shape index (κ1) is 15.1. The Morgan fingerprint density at radius 3 is 2.48 bits per heavy atom. The van der Waals surface area contributed by atoms with Gasteiger partial charge in [-0.1, -0.05) is 42.5 Å². The fourth-order valence-electron chi connectivity index (χ4n) is 2.18. The summed E-state index contributed by atoms with van der Waals surface area (Å²) in [5.41, 5.74) is 1.78. The van der Waals surface area contributed by atoms with Crippen molar-refractivity contribution in [2.75, 3.05) is 14.1 Å². The lowest BCUT2D eigenvalue weighted by molar-refractivity contribution is -0.142. The Balaban J connectivity index is 2.12. The van der Waals surface area contributed by atoms with Gasteiger partial charge < -0.3 is 9.84 Å². The van der Waals surface area contributed by atoms with E-state index in [9.17, 15) is 9.90 Å². The number of hydrogen-bond donors (Lipinski definition) is 1. The van der Waals surface area contributed by atoms with Gasteiger partial charge in [0, 0.05) is 0 Å². The second-order valence-electron chi connectivity index (χ2n) is 5.05. The van der Waals surface area contributed by atoms with Gasteiger partial charge in [-0.05, 0) is 37.4 Å². The maximum atomic E-state index is 11.3. The van der Waals surface area contributed by atoms with Crippen molar-refractivity contribution >= 4 is 5.97 Å². The number of carboxylic acids is 1. The van der Waals surface area contributed by atoms with Gasteiger partial charge in [-0.3, -0.25) is 9.69 Å². The number of likely N-dealkylation sites (N-methyl/N-ethyl adjacent to an activating group) is 1. The monoisotopic (exact) mass is 285 g/mol. The van der Waals surface area contributed by atoms with Crippen molar-refractivity contribution in [3.63, 3.8) is 0 Å². The number of rotatable bonds is 6. The highest BCUT2D eigenvalue weighted by Crippen LogP contribution is 2.23. The Hall–Kier alpha value is -2.33. The first-order chi connectivity index (χ1) is 10.1. The molecular formula is C17H19NO3. The molecule has 2 aromatic rings. The lowest BCUT2D eigenvalue weighted by Gasteiger charge is -2.20. The molecule has 0 spiro atoms. The zero-order chi connectivity index (χ0) is 15.2. The number of nitrogens with zero attached hydrogens (tertiary/aromatic N) is 1. The van der Waals surface area contributed by atoms with Gasteiger partial charge in [0.25, 0.3) is 0 Å². The Morgan fingerprint density at radius 1 is 1.14 bits per heavy atom. The van der Waals surface area contributed by atoms with Crippen molar-refractivity contribution < 1.29 is 14.6 Å². The van der Waals surface area contributed by atoms with Gasteiger partial charge in [0.1, 0.15) is 18.4 Å². The summed E-state index contributed by atoms with van der Waals surface area (Å²) in [6, 6.07) is 16.4. The minimum atomic E-state index is -0.875. The summed E-state index contributed by atoms with van der Waals surface area (Å²) in [6.45, 7) is 0.462. The van der Waals surface area contributed by atoms with E-state index in [1.54, 1.807) is 31.1 Å². The largest absolute Gasteiger partial charge is 0.489 e. The van der Waals surface area contributed by atoms with Gasteiger partial charge in [0.05, 0.1) is 0 Å². The minimum Gasteiger partial charge on any atom is -0.489 e. The third-order valence-corrected chi connectivity index (χ3v) is 3.17. The van der Waals surface area contributed by atoms with Crippen LogP contribution in [0.4, 0.5) is 0 Å². The first-order valence-corrected chi connectivity index (χ1v) is 6.74. The van der Waals surface area contributed by atoms with E-state index in [0.717, 1.165) is 5.56 Å². The molecule has 0 aliphatic heterocycles. The van der Waals surface area contributed by atoms with Gasteiger partial charge in [-0.25, -0.2) is 0 Å². The quantitative estimate of drug-likeness (QED) is 0.886. The molecule has 4 nitrogen and oxygen atoms in total. The third-order valence-electron chi connectivity index (χ3n) is 3.17. The van der Waals surface area contributed by atoms with Crippen LogP contribution in [0.2, 0.25) is 0 Å². The van der Waals surface area contributed by atoms with Crippen LogP contribution in [0.25, 0.3) is 0 Å². The molecule has 0 aliphatic carbocycles. The molecule has 4 heteroatoms. The summed E-state index contributed by atoms with van der Waals surface area (Å²) in [4.78, 5) is 13.0. The maximum absolute atomic E-state index is 11.3. The standard InChI is InChI=1S/C17H19NO3/c1-18(2)16(17(19)20)14-9-6-10-15(11-14)21-12-13-7-4-3-5-8-13/h3-11,16H,12H2,1-2H3,(H,19,20). The highest BCUT2D eigenvalue weighted by molar-refractivity contribution is 5.75. The molecule has 110 valence electrons. The SMILES string of the molecule is CN(C)C(C(=O)O)c1cccc(OCc2ccccc2)c1. The molecule has 21 heavy (non-hydrogen) atoms. The van der Waals surface area contributed by atoms with E-state index in [1.807, 2.05) is 42.5 Å². The highest BCUT2D eigenvalue weighted by atomic mass is 16.5. The summed E-state index contributed by atoms with van der Waals surface area (Å²) >= 11 is 0. The molecule has 0 fully saturated rings. The van der Waals surface area contributed by atoms with Crippen molar-refractivity contribution in [1.82, 2.24) is 4.90 Å². The van der Waals surface area contributed by atoms with E-state index in [1.165, 1.54) is 0 Å². The van der Waals surface area contributed by atoms with Gasteiger partial charge in [-0.2, -0.15) is 0 Å². The average Bonchev–Trinajstić information content (AvgIpc) is 2.46. The highest BCUT2D eigenvalue weighted by Gasteiger charge is 2.22. The maximum Gasteiger partial charge on any atom is 0.325 e. The second-order valence-corrected chi connectivity index (χ2v) is 5.05. The van der Waals surface area contributed by atoms with Crippen molar-refractivity contribution in [3.05, 3.63) is 65.7 Å². The predicted molar refractivity (Wildman–Crippen MR) is 81.3 cm³/mol. The molecule has 0 aromatic heterocycles. The first-order valence-electron chi connectivity index (χ1n) is 6.74. The normalized spacial score (nSPS) is 12.1. The van der Waals surface area contributed by atoms with Gasteiger partial charge >= 0.3 is 5.97 Å². The van der Waals surface area contributed by atoms with Gasteiger partial charge in [0.15, 0.2) is 0 Å². The summed E-state index contributed by atoms with van der Waals surface area (Å²) in [7, 11) is 3.49. The van der Waals surface area contributed by atoms with Crippen molar-refractivity contribution in [2.24, 2.45) is 0 Å². The molecule has 0 amide bonds. The summed E-state index contributed by atoms with van der Waals surface area (Å²) in [6.07, 6.45) is 0. The molecule has 1 unspecified atom stereocenters. The molecule has 2 aromatic carbocycles. The average molecular weight is 285 g/mol. The van der Waals surface area contributed by atoms with E-state index in [4.69, 9.17) is 4.74 Å². The number of benzene rings is 2. The topological polar surface area (TPSA) is 49.8 Å². The van der Waals surface area contributed by atoms with Crippen LogP contribution in [0, 0.1) is 0 Å². The Morgan fingerprint density at radius 2 is 1.86 bits per heavy atom. The zero-order valence-corrected chi connectivity index (χ0v) is 12.2. The summed E-state index contributed by atoms with van der Waals surface area (Å²) < 4.78 is 5.73. The fourth-order valence-corrected chi connectivity index (χ4v) is 2.18. The summed E-state index contributed by atoms with van der Waals surface area (Å²) in [5.74, 6) is -0.204. The van der Waals surface area contributed by atoms with Crippen molar-refractivity contribution in [3.8, 4) is 5.75 Å². The van der Waals surface area contributed by atoms with E-state index in [0.29, 0.717) is 17.9 Å². The van der Waals surface area contributed by atoms with Gasteiger partial charge in [-0.15, -0.1) is 0 Å². The van der Waals surface area contributed by atoms with Crippen LogP contribution >= 0.6 is 0 Å². The lowest BCUT2D eigenvalue weighted by Crippen LogP contribution is -2.27. The molecule has 0 radical (unpaired) electrons. The molecule has 0 saturated heterocycles.